The zero-order valence-corrected chi connectivity index (χ0v) is 18.1. The van der Waals surface area contributed by atoms with E-state index in [0.29, 0.717) is 26.9 Å². The fourth-order valence-electron chi connectivity index (χ4n) is 3.47. The van der Waals surface area contributed by atoms with Crippen molar-refractivity contribution in [2.45, 2.75) is 32.7 Å². The summed E-state index contributed by atoms with van der Waals surface area (Å²) in [7, 11) is 0. The van der Waals surface area contributed by atoms with Gasteiger partial charge in [0.1, 0.15) is 0 Å². The fourth-order valence-corrected chi connectivity index (χ4v) is 3.92. The Kier molecular flexibility index (Phi) is 5.58. The minimum atomic E-state index is -0.248. The van der Waals surface area contributed by atoms with Crippen molar-refractivity contribution in [3.05, 3.63) is 81.1 Å². The summed E-state index contributed by atoms with van der Waals surface area (Å²) in [6.07, 6.45) is 2.01. The maximum atomic E-state index is 12.9. The third-order valence-electron chi connectivity index (χ3n) is 5.13. The van der Waals surface area contributed by atoms with Gasteiger partial charge in [0.25, 0.3) is 11.8 Å². The lowest BCUT2D eigenvalue weighted by Gasteiger charge is -2.11. The van der Waals surface area contributed by atoms with E-state index in [1.54, 1.807) is 18.2 Å². The summed E-state index contributed by atoms with van der Waals surface area (Å²) in [5.41, 5.74) is 4.11. The Labute approximate surface area is 185 Å². The fraction of sp³-hybridized carbons (Fsp3) is 0.217. The van der Waals surface area contributed by atoms with Crippen molar-refractivity contribution in [2.24, 2.45) is 0 Å². The molecular formula is C23H21Cl2N3O2. The SMILES string of the molecule is Cc1cc(C(=O)Nc2ccc(C(=O)NC3CC3)c(Cl)c2)c(C)n1-c1cccc(Cl)c1. The monoisotopic (exact) mass is 441 g/mol. The molecule has 7 heteroatoms. The number of nitrogens with one attached hydrogen (secondary N) is 2. The number of benzene rings is 2. The standard InChI is InChI=1S/C23H21Cl2N3O2/c1-13-10-20(14(2)28(13)18-5-3-4-15(24)11-18)23(30)27-17-8-9-19(21(25)12-17)22(29)26-16-6-7-16/h3-5,8-12,16H,6-7H2,1-2H3,(H,26,29)(H,27,30). The van der Waals surface area contributed by atoms with Crippen molar-refractivity contribution in [3.8, 4) is 5.69 Å². The summed E-state index contributed by atoms with van der Waals surface area (Å²) < 4.78 is 1.99. The highest BCUT2D eigenvalue weighted by atomic mass is 35.5. The van der Waals surface area contributed by atoms with Crippen LogP contribution in [0.1, 0.15) is 44.9 Å². The molecule has 0 spiro atoms. The average Bonchev–Trinajstić information content (AvgIpc) is 3.44. The Balaban J connectivity index is 1.55. The van der Waals surface area contributed by atoms with Gasteiger partial charge < -0.3 is 15.2 Å². The van der Waals surface area contributed by atoms with Gasteiger partial charge in [-0.1, -0.05) is 29.3 Å². The van der Waals surface area contributed by atoms with Crippen LogP contribution < -0.4 is 10.6 Å². The van der Waals surface area contributed by atoms with E-state index in [-0.39, 0.29) is 17.9 Å². The highest BCUT2D eigenvalue weighted by molar-refractivity contribution is 6.34. The molecule has 3 aromatic rings. The molecule has 0 saturated heterocycles. The second-order valence-electron chi connectivity index (χ2n) is 7.50. The second kappa shape index (κ2) is 8.17. The van der Waals surface area contributed by atoms with Crippen LogP contribution >= 0.6 is 23.2 Å². The Bertz CT molecular complexity index is 1150. The van der Waals surface area contributed by atoms with Crippen molar-refractivity contribution < 1.29 is 9.59 Å². The van der Waals surface area contributed by atoms with Gasteiger partial charge >= 0.3 is 0 Å². The van der Waals surface area contributed by atoms with E-state index in [9.17, 15) is 9.59 Å². The highest BCUT2D eigenvalue weighted by Gasteiger charge is 2.25. The molecule has 1 saturated carbocycles. The number of aromatic nitrogens is 1. The Morgan fingerprint density at radius 1 is 0.967 bits per heavy atom. The number of hydrogen-bond donors (Lipinski definition) is 2. The van der Waals surface area contributed by atoms with Gasteiger partial charge in [-0.15, -0.1) is 0 Å². The van der Waals surface area contributed by atoms with Crippen molar-refractivity contribution in [2.75, 3.05) is 5.32 Å². The van der Waals surface area contributed by atoms with Crippen LogP contribution in [0.15, 0.2) is 48.5 Å². The van der Waals surface area contributed by atoms with E-state index < -0.39 is 0 Å². The van der Waals surface area contributed by atoms with Gasteiger partial charge in [0.05, 0.1) is 16.1 Å². The number of halogens is 2. The highest BCUT2D eigenvalue weighted by Crippen LogP contribution is 2.26. The molecule has 1 fully saturated rings. The van der Waals surface area contributed by atoms with Crippen LogP contribution in [0.25, 0.3) is 5.69 Å². The van der Waals surface area contributed by atoms with E-state index in [4.69, 9.17) is 23.2 Å². The predicted molar refractivity (Wildman–Crippen MR) is 120 cm³/mol. The molecule has 2 amide bonds. The summed E-state index contributed by atoms with van der Waals surface area (Å²) >= 11 is 12.4. The molecule has 0 unspecified atom stereocenters. The summed E-state index contributed by atoms with van der Waals surface area (Å²) in [5, 5.41) is 6.71. The summed E-state index contributed by atoms with van der Waals surface area (Å²) in [6, 6.07) is 14.5. The Morgan fingerprint density at radius 2 is 1.73 bits per heavy atom. The lowest BCUT2D eigenvalue weighted by Crippen LogP contribution is -2.25. The number of aryl methyl sites for hydroxylation is 1. The molecule has 1 aromatic heterocycles. The van der Waals surface area contributed by atoms with Crippen molar-refractivity contribution in [1.82, 2.24) is 9.88 Å². The average molecular weight is 442 g/mol. The smallest absolute Gasteiger partial charge is 0.257 e. The number of nitrogens with zero attached hydrogens (tertiary/aromatic N) is 1. The number of rotatable bonds is 5. The van der Waals surface area contributed by atoms with Crippen LogP contribution in [-0.4, -0.2) is 22.4 Å². The topological polar surface area (TPSA) is 63.1 Å². The number of amides is 2. The largest absolute Gasteiger partial charge is 0.349 e. The van der Waals surface area contributed by atoms with Crippen LogP contribution in [0.4, 0.5) is 5.69 Å². The van der Waals surface area contributed by atoms with Crippen molar-refractivity contribution in [1.29, 1.82) is 0 Å². The Morgan fingerprint density at radius 3 is 2.40 bits per heavy atom. The second-order valence-corrected chi connectivity index (χ2v) is 8.34. The number of hydrogen-bond acceptors (Lipinski definition) is 2. The molecule has 2 N–H and O–H groups in total. The Hall–Kier alpha value is -2.76. The van der Waals surface area contributed by atoms with E-state index in [2.05, 4.69) is 10.6 Å². The van der Waals surface area contributed by atoms with Crippen LogP contribution in [0, 0.1) is 13.8 Å². The van der Waals surface area contributed by atoms with Gasteiger partial charge in [0.15, 0.2) is 0 Å². The maximum Gasteiger partial charge on any atom is 0.257 e. The molecule has 5 nitrogen and oxygen atoms in total. The van der Waals surface area contributed by atoms with Crippen LogP contribution in [-0.2, 0) is 0 Å². The third-order valence-corrected chi connectivity index (χ3v) is 5.67. The molecule has 1 aliphatic carbocycles. The first-order chi connectivity index (χ1) is 14.3. The molecule has 2 aromatic carbocycles. The maximum absolute atomic E-state index is 12.9. The van der Waals surface area contributed by atoms with Crippen LogP contribution in [0.5, 0.6) is 0 Å². The molecule has 0 bridgehead atoms. The molecular weight excluding hydrogens is 421 g/mol. The van der Waals surface area contributed by atoms with Gasteiger partial charge in [-0.2, -0.15) is 0 Å². The van der Waals surface area contributed by atoms with Gasteiger partial charge in [0.2, 0.25) is 0 Å². The molecule has 0 radical (unpaired) electrons. The third kappa shape index (κ3) is 4.23. The first kappa shape index (κ1) is 20.5. The van der Waals surface area contributed by atoms with E-state index >= 15 is 0 Å². The quantitative estimate of drug-likeness (QED) is 0.545. The molecule has 0 aliphatic heterocycles. The van der Waals surface area contributed by atoms with Gasteiger partial charge in [-0.05, 0) is 69.2 Å². The summed E-state index contributed by atoms with van der Waals surface area (Å²) in [6.45, 7) is 3.83. The molecule has 4 rings (SSSR count). The van der Waals surface area contributed by atoms with Crippen molar-refractivity contribution >= 4 is 40.7 Å². The zero-order chi connectivity index (χ0) is 21.4. The van der Waals surface area contributed by atoms with E-state index in [0.717, 1.165) is 29.9 Å². The molecule has 1 aliphatic rings. The lowest BCUT2D eigenvalue weighted by atomic mass is 10.1. The minimum absolute atomic E-state index is 0.189. The normalized spacial score (nSPS) is 13.2. The number of carbonyl (C=O) groups excluding carboxylic acids is 2. The molecule has 1 heterocycles. The summed E-state index contributed by atoms with van der Waals surface area (Å²) in [4.78, 5) is 25.1. The predicted octanol–water partition coefficient (Wildman–Crippen LogP) is 5.55. The minimum Gasteiger partial charge on any atom is -0.349 e. The first-order valence-electron chi connectivity index (χ1n) is 9.70. The van der Waals surface area contributed by atoms with Gasteiger partial charge in [-0.3, -0.25) is 9.59 Å². The summed E-state index contributed by atoms with van der Waals surface area (Å²) in [5.74, 6) is -0.437. The first-order valence-corrected chi connectivity index (χ1v) is 10.5. The van der Waals surface area contributed by atoms with Crippen LogP contribution in [0.3, 0.4) is 0 Å². The van der Waals surface area contributed by atoms with E-state index in [1.165, 1.54) is 0 Å². The van der Waals surface area contributed by atoms with Gasteiger partial charge in [-0.25, -0.2) is 0 Å². The molecule has 0 atom stereocenters. The van der Waals surface area contributed by atoms with Gasteiger partial charge in [0, 0.05) is 33.8 Å². The number of carbonyl (C=O) groups is 2. The lowest BCUT2D eigenvalue weighted by molar-refractivity contribution is 0.0950. The van der Waals surface area contributed by atoms with Crippen molar-refractivity contribution in [3.63, 3.8) is 0 Å². The van der Waals surface area contributed by atoms with Crippen LogP contribution in [0.2, 0.25) is 10.0 Å². The molecule has 30 heavy (non-hydrogen) atoms. The number of anilines is 1. The zero-order valence-electron chi connectivity index (χ0n) is 16.6. The van der Waals surface area contributed by atoms with E-state index in [1.807, 2.05) is 48.7 Å². The molecule has 154 valence electrons.